The van der Waals surface area contributed by atoms with E-state index in [-0.39, 0.29) is 17.9 Å². The molecule has 1 aliphatic heterocycles. The summed E-state index contributed by atoms with van der Waals surface area (Å²) >= 11 is 0. The quantitative estimate of drug-likeness (QED) is 0.867. The fraction of sp³-hybridized carbons (Fsp3) is 0.875. The van der Waals surface area contributed by atoms with Crippen molar-refractivity contribution < 1.29 is 19.4 Å². The first-order valence-corrected chi connectivity index (χ1v) is 7.81. The number of carbonyl (C=O) groups excluding carboxylic acids is 1. The van der Waals surface area contributed by atoms with Crippen molar-refractivity contribution >= 4 is 12.1 Å². The second-order valence-corrected chi connectivity index (χ2v) is 7.38. The van der Waals surface area contributed by atoms with Crippen LogP contribution in [0.25, 0.3) is 0 Å². The molecule has 0 aliphatic carbocycles. The Labute approximate surface area is 127 Å². The van der Waals surface area contributed by atoms with Gasteiger partial charge in [-0.1, -0.05) is 13.8 Å². The van der Waals surface area contributed by atoms with Crippen LogP contribution < -0.4 is 0 Å². The molecule has 0 aromatic heterocycles. The number of aliphatic carboxylic acids is 1. The van der Waals surface area contributed by atoms with Crippen molar-refractivity contribution in [3.05, 3.63) is 0 Å². The molecule has 2 atom stereocenters. The highest BCUT2D eigenvalue weighted by Crippen LogP contribution is 2.30. The second kappa shape index (κ2) is 7.14. The maximum Gasteiger partial charge on any atom is 0.410 e. The van der Waals surface area contributed by atoms with E-state index in [1.165, 1.54) is 0 Å². The number of carboxylic acid groups (broad SMARTS) is 1. The van der Waals surface area contributed by atoms with E-state index in [0.29, 0.717) is 25.4 Å². The second-order valence-electron chi connectivity index (χ2n) is 7.38. The first kappa shape index (κ1) is 17.8. The van der Waals surface area contributed by atoms with Gasteiger partial charge in [0.25, 0.3) is 0 Å². The standard InChI is InChI=1S/C16H29NO4/c1-11(2)10-12-6-8-17(9-7-13(12)14(18)19)15(20)21-16(3,4)5/h11-13H,6-10H2,1-5H3,(H,18,19). The Kier molecular flexibility index (Phi) is 6.05. The Morgan fingerprint density at radius 2 is 1.81 bits per heavy atom. The van der Waals surface area contributed by atoms with Gasteiger partial charge in [0.1, 0.15) is 5.60 Å². The van der Waals surface area contributed by atoms with Crippen LogP contribution in [-0.2, 0) is 9.53 Å². The summed E-state index contributed by atoms with van der Waals surface area (Å²) < 4.78 is 5.38. The summed E-state index contributed by atoms with van der Waals surface area (Å²) in [7, 11) is 0. The molecule has 1 saturated heterocycles. The van der Waals surface area contributed by atoms with Crippen LogP contribution in [0.2, 0.25) is 0 Å². The van der Waals surface area contributed by atoms with Gasteiger partial charge in [0.2, 0.25) is 0 Å². The van der Waals surface area contributed by atoms with Crippen LogP contribution in [0.15, 0.2) is 0 Å². The van der Waals surface area contributed by atoms with Crippen LogP contribution in [0, 0.1) is 17.8 Å². The summed E-state index contributed by atoms with van der Waals surface area (Å²) in [5, 5.41) is 9.42. The lowest BCUT2D eigenvalue weighted by atomic mass is 9.82. The van der Waals surface area contributed by atoms with Crippen LogP contribution in [0.1, 0.15) is 53.9 Å². The van der Waals surface area contributed by atoms with Gasteiger partial charge in [-0.2, -0.15) is 0 Å². The summed E-state index contributed by atoms with van der Waals surface area (Å²) in [5.41, 5.74) is -0.521. The number of likely N-dealkylation sites (tertiary alicyclic amines) is 1. The first-order valence-electron chi connectivity index (χ1n) is 7.81. The molecule has 5 heteroatoms. The minimum atomic E-state index is -0.744. The number of ether oxygens (including phenoxy) is 1. The lowest BCUT2D eigenvalue weighted by Gasteiger charge is -2.26. The van der Waals surface area contributed by atoms with Crippen LogP contribution in [0.3, 0.4) is 0 Å². The molecule has 122 valence electrons. The van der Waals surface area contributed by atoms with Crippen LogP contribution in [-0.4, -0.2) is 40.8 Å². The zero-order chi connectivity index (χ0) is 16.2. The molecule has 0 bridgehead atoms. The monoisotopic (exact) mass is 299 g/mol. The maximum absolute atomic E-state index is 12.1. The number of carbonyl (C=O) groups is 2. The highest BCUT2D eigenvalue weighted by atomic mass is 16.6. The summed E-state index contributed by atoms with van der Waals surface area (Å²) in [5.74, 6) is -0.508. The van der Waals surface area contributed by atoms with Crippen molar-refractivity contribution in [1.82, 2.24) is 4.90 Å². The van der Waals surface area contributed by atoms with Gasteiger partial charge in [-0.3, -0.25) is 4.79 Å². The van der Waals surface area contributed by atoms with E-state index in [9.17, 15) is 14.7 Å². The highest BCUT2D eigenvalue weighted by Gasteiger charge is 2.34. The van der Waals surface area contributed by atoms with E-state index < -0.39 is 11.6 Å². The van der Waals surface area contributed by atoms with Gasteiger partial charge < -0.3 is 14.7 Å². The van der Waals surface area contributed by atoms with E-state index in [4.69, 9.17) is 4.74 Å². The zero-order valence-electron chi connectivity index (χ0n) is 13.9. The minimum Gasteiger partial charge on any atom is -0.481 e. The smallest absolute Gasteiger partial charge is 0.410 e. The average Bonchev–Trinajstić information content (AvgIpc) is 2.48. The Morgan fingerprint density at radius 3 is 2.29 bits per heavy atom. The first-order chi connectivity index (χ1) is 9.60. The van der Waals surface area contributed by atoms with Gasteiger partial charge in [-0.25, -0.2) is 4.79 Å². The molecule has 5 nitrogen and oxygen atoms in total. The van der Waals surface area contributed by atoms with Crippen molar-refractivity contribution in [3.63, 3.8) is 0 Å². The molecule has 0 aromatic rings. The Bertz CT molecular complexity index is 373. The maximum atomic E-state index is 12.1. The zero-order valence-corrected chi connectivity index (χ0v) is 13.9. The molecular formula is C16H29NO4. The van der Waals surface area contributed by atoms with Crippen molar-refractivity contribution in [1.29, 1.82) is 0 Å². The Hall–Kier alpha value is -1.26. The van der Waals surface area contributed by atoms with E-state index in [2.05, 4.69) is 13.8 Å². The van der Waals surface area contributed by atoms with Gasteiger partial charge in [-0.05, 0) is 51.9 Å². The third-order valence-corrected chi connectivity index (χ3v) is 3.79. The van der Waals surface area contributed by atoms with Gasteiger partial charge in [-0.15, -0.1) is 0 Å². The van der Waals surface area contributed by atoms with Crippen LogP contribution in [0.5, 0.6) is 0 Å². The fourth-order valence-corrected chi connectivity index (χ4v) is 2.89. The van der Waals surface area contributed by atoms with Crippen molar-refractivity contribution in [2.45, 2.75) is 59.5 Å². The van der Waals surface area contributed by atoms with Gasteiger partial charge in [0.05, 0.1) is 5.92 Å². The molecule has 1 rings (SSSR count). The third kappa shape index (κ3) is 5.94. The number of rotatable bonds is 3. The van der Waals surface area contributed by atoms with Crippen LogP contribution >= 0.6 is 0 Å². The molecule has 1 heterocycles. The molecule has 1 aliphatic rings. The summed E-state index contributed by atoms with van der Waals surface area (Å²) in [6.45, 7) is 10.8. The SMILES string of the molecule is CC(C)CC1CCN(C(=O)OC(C)(C)C)CCC1C(=O)O. The van der Waals surface area contributed by atoms with Crippen molar-refractivity contribution in [2.24, 2.45) is 17.8 Å². The summed E-state index contributed by atoms with van der Waals surface area (Å²) in [6.07, 6.45) is 1.79. The number of nitrogens with zero attached hydrogens (tertiary/aromatic N) is 1. The fourth-order valence-electron chi connectivity index (χ4n) is 2.89. The molecule has 2 unspecified atom stereocenters. The lowest BCUT2D eigenvalue weighted by molar-refractivity contribution is -0.144. The predicted molar refractivity (Wildman–Crippen MR) is 81.1 cm³/mol. The number of hydrogen-bond acceptors (Lipinski definition) is 3. The molecule has 0 radical (unpaired) electrons. The lowest BCUT2D eigenvalue weighted by Crippen LogP contribution is -2.37. The largest absolute Gasteiger partial charge is 0.481 e. The number of carboxylic acids is 1. The molecule has 0 aromatic carbocycles. The Balaban J connectivity index is 2.72. The third-order valence-electron chi connectivity index (χ3n) is 3.79. The average molecular weight is 299 g/mol. The van der Waals surface area contributed by atoms with E-state index in [1.54, 1.807) is 4.90 Å². The highest BCUT2D eigenvalue weighted by molar-refractivity contribution is 5.71. The molecular weight excluding hydrogens is 270 g/mol. The molecule has 1 fully saturated rings. The molecule has 0 spiro atoms. The molecule has 1 N–H and O–H groups in total. The summed E-state index contributed by atoms with van der Waals surface area (Å²) in [4.78, 5) is 25.3. The van der Waals surface area contributed by atoms with E-state index in [0.717, 1.165) is 12.8 Å². The van der Waals surface area contributed by atoms with Gasteiger partial charge in [0, 0.05) is 13.1 Å². The minimum absolute atomic E-state index is 0.134. The molecule has 21 heavy (non-hydrogen) atoms. The van der Waals surface area contributed by atoms with Crippen molar-refractivity contribution in [3.8, 4) is 0 Å². The normalized spacial score (nSPS) is 23.8. The van der Waals surface area contributed by atoms with Gasteiger partial charge >= 0.3 is 12.1 Å². The van der Waals surface area contributed by atoms with E-state index >= 15 is 0 Å². The predicted octanol–water partition coefficient (Wildman–Crippen LogP) is 3.38. The molecule has 0 saturated carbocycles. The topological polar surface area (TPSA) is 66.8 Å². The van der Waals surface area contributed by atoms with E-state index in [1.807, 2.05) is 20.8 Å². The molecule has 1 amide bonds. The number of amides is 1. The van der Waals surface area contributed by atoms with Gasteiger partial charge in [0.15, 0.2) is 0 Å². The number of hydrogen-bond donors (Lipinski definition) is 1. The van der Waals surface area contributed by atoms with Crippen molar-refractivity contribution in [2.75, 3.05) is 13.1 Å². The summed E-state index contributed by atoms with van der Waals surface area (Å²) in [6, 6.07) is 0. The van der Waals surface area contributed by atoms with Crippen LogP contribution in [0.4, 0.5) is 4.79 Å². The Morgan fingerprint density at radius 1 is 1.24 bits per heavy atom.